The van der Waals surface area contributed by atoms with Crippen molar-refractivity contribution in [1.82, 2.24) is 0 Å². The lowest BCUT2D eigenvalue weighted by Gasteiger charge is -2.18. The van der Waals surface area contributed by atoms with Crippen LogP contribution in [0, 0.1) is 0 Å². The maximum absolute atomic E-state index is 12.6. The molecule has 0 aromatic heterocycles. The molecule has 4 heteroatoms. The SMILES string of the molecule is CCCCCCCCCCCCCCCCCCC(CCCCC(=O)O)OC(=O)CCCCCCCCCCCCCCCCC. The van der Waals surface area contributed by atoms with Crippen LogP contribution in [0.5, 0.6) is 0 Å². The van der Waals surface area contributed by atoms with E-state index in [2.05, 4.69) is 13.8 Å². The molecule has 0 aliphatic carbocycles. The molecule has 0 saturated carbocycles. The van der Waals surface area contributed by atoms with Crippen molar-refractivity contribution >= 4 is 11.9 Å². The third-order valence-corrected chi connectivity index (χ3v) is 9.83. The van der Waals surface area contributed by atoms with Gasteiger partial charge in [0.2, 0.25) is 0 Å². The predicted molar refractivity (Wildman–Crippen MR) is 200 cm³/mol. The van der Waals surface area contributed by atoms with Crippen LogP contribution in [0.3, 0.4) is 0 Å². The van der Waals surface area contributed by atoms with Gasteiger partial charge in [0.25, 0.3) is 0 Å². The second-order valence-electron chi connectivity index (χ2n) is 14.5. The monoisotopic (exact) mass is 651 g/mol. The number of esters is 1. The first kappa shape index (κ1) is 44.9. The van der Waals surface area contributed by atoms with Crippen LogP contribution >= 0.6 is 0 Å². The van der Waals surface area contributed by atoms with Crippen molar-refractivity contribution in [3.05, 3.63) is 0 Å². The number of carbonyl (C=O) groups excluding carboxylic acids is 1. The highest BCUT2D eigenvalue weighted by Crippen LogP contribution is 2.19. The summed E-state index contributed by atoms with van der Waals surface area (Å²) in [5.41, 5.74) is 0. The Morgan fingerprint density at radius 2 is 0.652 bits per heavy atom. The number of unbranched alkanes of at least 4 members (excludes halogenated alkanes) is 30. The third kappa shape index (κ3) is 37.4. The molecule has 1 N–H and O–H groups in total. The standard InChI is InChI=1S/C42H82O4/c1-3-5-7-9-11-13-15-17-19-21-22-24-26-28-30-32-36-40(37-34-35-38-41(43)44)46-42(45)39-33-31-29-27-25-23-20-18-16-14-12-10-8-6-4-2/h40H,3-39H2,1-2H3,(H,43,44). The molecule has 1 unspecified atom stereocenters. The molecule has 4 nitrogen and oxygen atoms in total. The quantitative estimate of drug-likeness (QED) is 0.0531. The smallest absolute Gasteiger partial charge is 0.306 e. The molecule has 0 spiro atoms. The van der Waals surface area contributed by atoms with E-state index in [1.54, 1.807) is 0 Å². The molecule has 0 radical (unpaired) electrons. The molecule has 0 bridgehead atoms. The summed E-state index contributed by atoms with van der Waals surface area (Å²) in [7, 11) is 0. The van der Waals surface area contributed by atoms with Gasteiger partial charge in [-0.05, 0) is 38.5 Å². The lowest BCUT2D eigenvalue weighted by molar-refractivity contribution is -0.150. The van der Waals surface area contributed by atoms with E-state index in [1.807, 2.05) is 0 Å². The molecule has 0 amide bonds. The highest BCUT2D eigenvalue weighted by Gasteiger charge is 2.14. The van der Waals surface area contributed by atoms with Crippen molar-refractivity contribution in [2.45, 2.75) is 258 Å². The molecule has 0 saturated heterocycles. The number of hydrogen-bond acceptors (Lipinski definition) is 3. The van der Waals surface area contributed by atoms with Crippen molar-refractivity contribution in [2.24, 2.45) is 0 Å². The van der Waals surface area contributed by atoms with Crippen LogP contribution in [0.15, 0.2) is 0 Å². The molecule has 0 aliphatic heterocycles. The number of aliphatic carboxylic acids is 1. The van der Waals surface area contributed by atoms with Gasteiger partial charge in [0.1, 0.15) is 6.10 Å². The Morgan fingerprint density at radius 3 is 0.978 bits per heavy atom. The van der Waals surface area contributed by atoms with Crippen LogP contribution < -0.4 is 0 Å². The lowest BCUT2D eigenvalue weighted by Crippen LogP contribution is -2.18. The minimum absolute atomic E-state index is 0.0377. The van der Waals surface area contributed by atoms with Crippen molar-refractivity contribution in [1.29, 1.82) is 0 Å². The summed E-state index contributed by atoms with van der Waals surface area (Å²) in [6.45, 7) is 4.57. The minimum Gasteiger partial charge on any atom is -0.481 e. The second kappa shape index (κ2) is 38.4. The summed E-state index contributed by atoms with van der Waals surface area (Å²) < 4.78 is 5.91. The summed E-state index contributed by atoms with van der Waals surface area (Å²) >= 11 is 0. The number of hydrogen-bond donors (Lipinski definition) is 1. The average Bonchev–Trinajstić information content (AvgIpc) is 3.04. The van der Waals surface area contributed by atoms with Gasteiger partial charge in [-0.3, -0.25) is 9.59 Å². The molecule has 0 aliphatic rings. The van der Waals surface area contributed by atoms with Crippen LogP contribution in [-0.4, -0.2) is 23.1 Å². The number of rotatable bonds is 39. The van der Waals surface area contributed by atoms with Gasteiger partial charge in [-0.25, -0.2) is 0 Å². The van der Waals surface area contributed by atoms with E-state index >= 15 is 0 Å². The fraction of sp³-hybridized carbons (Fsp3) is 0.952. The van der Waals surface area contributed by atoms with Crippen molar-refractivity contribution < 1.29 is 19.4 Å². The molecule has 0 fully saturated rings. The second-order valence-corrected chi connectivity index (χ2v) is 14.5. The summed E-state index contributed by atoms with van der Waals surface area (Å²) in [5.74, 6) is -0.783. The first-order valence-electron chi connectivity index (χ1n) is 21.0. The first-order valence-corrected chi connectivity index (χ1v) is 21.0. The lowest BCUT2D eigenvalue weighted by atomic mass is 10.0. The fourth-order valence-corrected chi connectivity index (χ4v) is 6.72. The Balaban J connectivity index is 3.81. The predicted octanol–water partition coefficient (Wildman–Crippen LogP) is 14.5. The molecular weight excluding hydrogens is 568 g/mol. The van der Waals surface area contributed by atoms with Crippen LogP contribution in [-0.2, 0) is 14.3 Å². The Hall–Kier alpha value is -1.06. The van der Waals surface area contributed by atoms with Gasteiger partial charge in [0.05, 0.1) is 0 Å². The van der Waals surface area contributed by atoms with Gasteiger partial charge in [-0.2, -0.15) is 0 Å². The van der Waals surface area contributed by atoms with Crippen molar-refractivity contribution in [3.63, 3.8) is 0 Å². The Bertz CT molecular complexity index is 619. The molecule has 0 aromatic rings. The highest BCUT2D eigenvalue weighted by molar-refractivity contribution is 5.69. The molecule has 274 valence electrons. The van der Waals surface area contributed by atoms with Gasteiger partial charge < -0.3 is 9.84 Å². The zero-order chi connectivity index (χ0) is 33.6. The average molecular weight is 651 g/mol. The van der Waals surface area contributed by atoms with Gasteiger partial charge >= 0.3 is 11.9 Å². The molecular formula is C42H82O4. The molecule has 46 heavy (non-hydrogen) atoms. The van der Waals surface area contributed by atoms with E-state index in [0.717, 1.165) is 38.5 Å². The van der Waals surface area contributed by atoms with E-state index in [1.165, 1.54) is 180 Å². The zero-order valence-electron chi connectivity index (χ0n) is 31.4. The number of carboxylic acid groups (broad SMARTS) is 1. The highest BCUT2D eigenvalue weighted by atomic mass is 16.5. The number of ether oxygens (including phenoxy) is 1. The summed E-state index contributed by atoms with van der Waals surface area (Å²) in [6, 6.07) is 0. The van der Waals surface area contributed by atoms with Crippen molar-refractivity contribution in [2.75, 3.05) is 0 Å². The van der Waals surface area contributed by atoms with E-state index in [-0.39, 0.29) is 18.5 Å². The van der Waals surface area contributed by atoms with E-state index in [0.29, 0.717) is 12.8 Å². The normalized spacial score (nSPS) is 12.0. The fourth-order valence-electron chi connectivity index (χ4n) is 6.72. The molecule has 0 heterocycles. The van der Waals surface area contributed by atoms with Crippen LogP contribution in [0.1, 0.15) is 251 Å². The van der Waals surface area contributed by atoms with Crippen molar-refractivity contribution in [3.8, 4) is 0 Å². The van der Waals surface area contributed by atoms with Gasteiger partial charge in [-0.15, -0.1) is 0 Å². The summed E-state index contributed by atoms with van der Waals surface area (Å²) in [4.78, 5) is 23.5. The molecule has 0 rings (SSSR count). The van der Waals surface area contributed by atoms with Crippen LogP contribution in [0.25, 0.3) is 0 Å². The minimum atomic E-state index is -0.737. The van der Waals surface area contributed by atoms with Crippen LogP contribution in [0.4, 0.5) is 0 Å². The number of carbonyl (C=O) groups is 2. The third-order valence-electron chi connectivity index (χ3n) is 9.83. The largest absolute Gasteiger partial charge is 0.481 e. The van der Waals surface area contributed by atoms with E-state index in [9.17, 15) is 9.59 Å². The first-order chi connectivity index (χ1) is 22.6. The molecule has 0 aromatic carbocycles. The maximum atomic E-state index is 12.6. The van der Waals surface area contributed by atoms with Crippen LogP contribution in [0.2, 0.25) is 0 Å². The molecule has 1 atom stereocenters. The van der Waals surface area contributed by atoms with Gasteiger partial charge in [0, 0.05) is 12.8 Å². The Morgan fingerprint density at radius 1 is 0.391 bits per heavy atom. The Labute approximate surface area is 288 Å². The Kier molecular flexibility index (Phi) is 37.5. The summed E-state index contributed by atoms with van der Waals surface area (Å²) in [5, 5.41) is 8.96. The maximum Gasteiger partial charge on any atom is 0.306 e. The number of carboxylic acids is 1. The van der Waals surface area contributed by atoms with Gasteiger partial charge in [0.15, 0.2) is 0 Å². The van der Waals surface area contributed by atoms with E-state index < -0.39 is 5.97 Å². The summed E-state index contributed by atoms with van der Waals surface area (Å²) in [6.07, 6.45) is 45.5. The topological polar surface area (TPSA) is 63.6 Å². The van der Waals surface area contributed by atoms with E-state index in [4.69, 9.17) is 9.84 Å². The zero-order valence-corrected chi connectivity index (χ0v) is 31.4. The van der Waals surface area contributed by atoms with Gasteiger partial charge in [-0.1, -0.05) is 200 Å².